The first-order valence-electron chi connectivity index (χ1n) is 8.83. The van der Waals surface area contributed by atoms with Crippen LogP contribution in [0.1, 0.15) is 25.0 Å². The van der Waals surface area contributed by atoms with Crippen molar-refractivity contribution in [2.24, 2.45) is 3.21 Å². The Morgan fingerprint density at radius 1 is 1.04 bits per heavy atom. The van der Waals surface area contributed by atoms with E-state index in [-0.39, 0.29) is 0 Å². The van der Waals surface area contributed by atoms with Gasteiger partial charge in [0.05, 0.1) is 28.6 Å². The van der Waals surface area contributed by atoms with Gasteiger partial charge in [0.25, 0.3) is 0 Å². The molecule has 1 aliphatic rings. The maximum absolute atomic E-state index is 4.48. The summed E-state index contributed by atoms with van der Waals surface area (Å²) in [4.78, 5) is 0. The fourth-order valence-electron chi connectivity index (χ4n) is 3.07. The molecule has 0 N–H and O–H groups in total. The van der Waals surface area contributed by atoms with Crippen molar-refractivity contribution in [1.29, 1.82) is 0 Å². The van der Waals surface area contributed by atoms with E-state index in [0.717, 1.165) is 22.4 Å². The molecule has 0 radical (unpaired) electrons. The summed E-state index contributed by atoms with van der Waals surface area (Å²) in [6.07, 6.45) is 8.21. The van der Waals surface area contributed by atoms with Gasteiger partial charge in [0, 0.05) is 5.56 Å². The number of allylic oxidation sites excluding steroid dienone is 7. The average Bonchev–Trinajstić information content (AvgIpc) is 2.72. The van der Waals surface area contributed by atoms with Crippen molar-refractivity contribution in [1.82, 2.24) is 0 Å². The molecular weight excluding hydrogens is 441 g/mol. The minimum Gasteiger partial charge on any atom is -0.214 e. The Morgan fingerprint density at radius 3 is 2.37 bits per heavy atom. The fourth-order valence-corrected chi connectivity index (χ4v) is 3.64. The Kier molecular flexibility index (Phi) is 6.07. The Balaban J connectivity index is 1.90. The van der Waals surface area contributed by atoms with Gasteiger partial charge in [-0.1, -0.05) is 79.9 Å². The second-order valence-electron chi connectivity index (χ2n) is 6.57. The van der Waals surface area contributed by atoms with Gasteiger partial charge in [-0.25, -0.2) is 3.21 Å². The molecule has 2 aromatic rings. The van der Waals surface area contributed by atoms with Crippen molar-refractivity contribution in [3.63, 3.8) is 0 Å². The lowest BCUT2D eigenvalue weighted by Crippen LogP contribution is -2.05. The predicted octanol–water partition coefficient (Wildman–Crippen LogP) is 7.52. The third-order valence-electron chi connectivity index (χ3n) is 4.88. The predicted molar refractivity (Wildman–Crippen MR) is 127 cm³/mol. The highest BCUT2D eigenvalue weighted by atomic mass is 127. The lowest BCUT2D eigenvalue weighted by Gasteiger charge is -2.16. The van der Waals surface area contributed by atoms with Crippen LogP contribution in [0.15, 0.2) is 105 Å². The zero-order chi connectivity index (χ0) is 19.4. The molecule has 0 amide bonds. The van der Waals surface area contributed by atoms with Crippen molar-refractivity contribution in [3.8, 4) is 11.1 Å². The van der Waals surface area contributed by atoms with Crippen LogP contribution in [0.3, 0.4) is 0 Å². The molecule has 2 heteroatoms. The van der Waals surface area contributed by atoms with E-state index in [0.29, 0.717) is 0 Å². The SMILES string of the molecule is C=Cc1cc(-c2ccccc2)ccc1/C(=N\I)C(=C)/C=C\C1=C(C)C(C)=C1. The highest BCUT2D eigenvalue weighted by Gasteiger charge is 2.13. The van der Waals surface area contributed by atoms with E-state index in [2.05, 4.69) is 84.8 Å². The summed E-state index contributed by atoms with van der Waals surface area (Å²) < 4.78 is 4.48. The lowest BCUT2D eigenvalue weighted by atomic mass is 9.89. The number of benzene rings is 2. The largest absolute Gasteiger partial charge is 0.214 e. The molecule has 0 heterocycles. The van der Waals surface area contributed by atoms with Gasteiger partial charge in [-0.15, -0.1) is 0 Å². The second kappa shape index (κ2) is 8.49. The van der Waals surface area contributed by atoms with Crippen molar-refractivity contribution < 1.29 is 0 Å². The summed E-state index contributed by atoms with van der Waals surface area (Å²) in [5.74, 6) is 0. The first-order chi connectivity index (χ1) is 13.0. The van der Waals surface area contributed by atoms with E-state index in [4.69, 9.17) is 0 Å². The van der Waals surface area contributed by atoms with Crippen molar-refractivity contribution in [2.75, 3.05) is 0 Å². The molecule has 0 saturated carbocycles. The van der Waals surface area contributed by atoms with Crippen LogP contribution in [-0.4, -0.2) is 5.71 Å². The first kappa shape index (κ1) is 19.3. The van der Waals surface area contributed by atoms with Crippen LogP contribution < -0.4 is 0 Å². The fraction of sp³-hybridized carbons (Fsp3) is 0.0800. The second-order valence-corrected chi connectivity index (χ2v) is 7.05. The molecule has 3 rings (SSSR count). The molecule has 2 aromatic carbocycles. The van der Waals surface area contributed by atoms with Crippen LogP contribution in [0, 0.1) is 0 Å². The molecule has 27 heavy (non-hydrogen) atoms. The number of rotatable bonds is 6. The third-order valence-corrected chi connectivity index (χ3v) is 5.37. The van der Waals surface area contributed by atoms with Crippen LogP contribution in [0.25, 0.3) is 17.2 Å². The first-order valence-corrected chi connectivity index (χ1v) is 9.79. The number of hydrogen-bond acceptors (Lipinski definition) is 1. The van der Waals surface area contributed by atoms with Gasteiger partial charge in [0.1, 0.15) is 0 Å². The summed E-state index contributed by atoms with van der Waals surface area (Å²) in [6.45, 7) is 12.5. The molecule has 0 fully saturated rings. The molecule has 0 bridgehead atoms. The Morgan fingerprint density at radius 2 is 1.78 bits per heavy atom. The van der Waals surface area contributed by atoms with Crippen molar-refractivity contribution in [2.45, 2.75) is 13.8 Å². The highest BCUT2D eigenvalue weighted by molar-refractivity contribution is 14.1. The summed E-state index contributed by atoms with van der Waals surface area (Å²) in [5, 5.41) is 0. The molecule has 0 aliphatic heterocycles. The van der Waals surface area contributed by atoms with Gasteiger partial charge < -0.3 is 0 Å². The van der Waals surface area contributed by atoms with Gasteiger partial charge in [0.2, 0.25) is 0 Å². The molecule has 0 aromatic heterocycles. The van der Waals surface area contributed by atoms with E-state index < -0.39 is 0 Å². The van der Waals surface area contributed by atoms with Crippen LogP contribution in [0.4, 0.5) is 0 Å². The third kappa shape index (κ3) is 4.11. The normalized spacial score (nSPS) is 14.2. The standard InChI is InChI=1S/C25H22IN/c1-5-20-16-23(21-9-7-6-8-10-21)13-14-24(20)25(27-26)17(2)11-12-22-15-18(3)19(22)4/h5-16H,1-2H2,3-4H3/b12-11-,27-25-. The zero-order valence-electron chi connectivity index (χ0n) is 15.7. The molecule has 0 saturated heterocycles. The molecular formula is C25H22IN. The minimum absolute atomic E-state index is 0.875. The molecule has 134 valence electrons. The highest BCUT2D eigenvalue weighted by Crippen LogP contribution is 2.29. The van der Waals surface area contributed by atoms with E-state index in [1.54, 1.807) is 0 Å². The maximum atomic E-state index is 4.48. The van der Waals surface area contributed by atoms with Gasteiger partial charge in [-0.3, -0.25) is 0 Å². The summed E-state index contributed by atoms with van der Waals surface area (Å²) in [5.41, 5.74) is 10.1. The smallest absolute Gasteiger partial charge is 0.0841 e. The zero-order valence-corrected chi connectivity index (χ0v) is 17.8. The van der Waals surface area contributed by atoms with E-state index >= 15 is 0 Å². The molecule has 1 aliphatic carbocycles. The summed E-state index contributed by atoms with van der Waals surface area (Å²) in [6, 6.07) is 16.7. The number of nitrogens with zero attached hydrogens (tertiary/aromatic N) is 1. The Labute approximate surface area is 175 Å². The van der Waals surface area contributed by atoms with E-state index in [1.165, 1.54) is 27.8 Å². The Hall–Kier alpha value is -2.46. The van der Waals surface area contributed by atoms with Crippen LogP contribution in [-0.2, 0) is 0 Å². The van der Waals surface area contributed by atoms with E-state index in [9.17, 15) is 0 Å². The quantitative estimate of drug-likeness (QED) is 0.239. The monoisotopic (exact) mass is 463 g/mol. The van der Waals surface area contributed by atoms with Crippen LogP contribution >= 0.6 is 22.9 Å². The van der Waals surface area contributed by atoms with Gasteiger partial charge in [-0.2, -0.15) is 0 Å². The molecule has 1 nitrogen and oxygen atoms in total. The molecule has 0 atom stereocenters. The lowest BCUT2D eigenvalue weighted by molar-refractivity contribution is 1.23. The van der Waals surface area contributed by atoms with E-state index in [1.807, 2.05) is 41.1 Å². The summed E-state index contributed by atoms with van der Waals surface area (Å²) in [7, 11) is 0. The summed E-state index contributed by atoms with van der Waals surface area (Å²) >= 11 is 2.04. The maximum Gasteiger partial charge on any atom is 0.0841 e. The molecule has 0 spiro atoms. The topological polar surface area (TPSA) is 12.4 Å². The van der Waals surface area contributed by atoms with Crippen molar-refractivity contribution >= 4 is 34.7 Å². The van der Waals surface area contributed by atoms with Gasteiger partial charge in [-0.05, 0) is 58.9 Å². The van der Waals surface area contributed by atoms with Crippen LogP contribution in [0.2, 0.25) is 0 Å². The number of halogens is 1. The van der Waals surface area contributed by atoms with Gasteiger partial charge in [0.15, 0.2) is 0 Å². The average molecular weight is 463 g/mol. The van der Waals surface area contributed by atoms with Gasteiger partial charge >= 0.3 is 0 Å². The minimum atomic E-state index is 0.875. The number of hydrogen-bond donors (Lipinski definition) is 0. The molecule has 0 unspecified atom stereocenters. The van der Waals surface area contributed by atoms with Crippen LogP contribution in [0.5, 0.6) is 0 Å². The van der Waals surface area contributed by atoms with Crippen molar-refractivity contribution in [3.05, 3.63) is 113 Å². The Bertz CT molecular complexity index is 1020.